The van der Waals surface area contributed by atoms with E-state index in [1.165, 1.54) is 55.6 Å². The molecule has 3 nitrogen and oxygen atoms in total. The van der Waals surface area contributed by atoms with Crippen molar-refractivity contribution in [2.24, 2.45) is 11.8 Å². The van der Waals surface area contributed by atoms with Crippen LogP contribution in [0.5, 0.6) is 0 Å². The Hall–Kier alpha value is -0.450. The Morgan fingerprint density at radius 1 is 1.33 bits per heavy atom. The minimum absolute atomic E-state index is 0.141. The number of hydrazine groups is 1. The summed E-state index contributed by atoms with van der Waals surface area (Å²) < 4.78 is 0. The largest absolute Gasteiger partial charge is 0.271 e. The third-order valence-electron chi connectivity index (χ3n) is 4.63. The molecule has 1 fully saturated rings. The summed E-state index contributed by atoms with van der Waals surface area (Å²) in [5, 5.41) is 3.41. The van der Waals surface area contributed by atoms with Crippen molar-refractivity contribution in [3.63, 3.8) is 0 Å². The number of nitrogens with zero attached hydrogens (tertiary/aromatic N) is 1. The van der Waals surface area contributed by atoms with E-state index in [2.05, 4.69) is 31.6 Å². The third kappa shape index (κ3) is 5.35. The molecule has 1 aliphatic rings. The van der Waals surface area contributed by atoms with Gasteiger partial charge in [-0.2, -0.15) is 0 Å². The predicted octanol–water partition coefficient (Wildman–Crippen LogP) is 4.18. The molecule has 1 aromatic rings. The van der Waals surface area contributed by atoms with Gasteiger partial charge in [-0.25, -0.2) is 4.98 Å². The number of thiazole rings is 1. The van der Waals surface area contributed by atoms with Crippen LogP contribution in [0, 0.1) is 5.92 Å². The predicted molar refractivity (Wildman–Crippen MR) is 91.4 cm³/mol. The molecule has 0 aliphatic heterocycles. The highest BCUT2D eigenvalue weighted by atomic mass is 32.1. The third-order valence-corrected chi connectivity index (χ3v) is 5.50. The van der Waals surface area contributed by atoms with E-state index in [1.54, 1.807) is 11.3 Å². The normalized spacial score (nSPS) is 18.9. The molecule has 120 valence electrons. The quantitative estimate of drug-likeness (QED) is 0.612. The van der Waals surface area contributed by atoms with Crippen molar-refractivity contribution in [3.05, 3.63) is 16.1 Å². The second kappa shape index (κ2) is 7.70. The topological polar surface area (TPSA) is 50.9 Å². The highest BCUT2D eigenvalue weighted by Crippen LogP contribution is 2.29. The lowest BCUT2D eigenvalue weighted by molar-refractivity contribution is 0.313. The number of nitrogens with one attached hydrogen (secondary N) is 1. The monoisotopic (exact) mass is 309 g/mol. The molecular weight excluding hydrogens is 278 g/mol. The van der Waals surface area contributed by atoms with Crippen molar-refractivity contribution in [2.45, 2.75) is 83.6 Å². The van der Waals surface area contributed by atoms with Gasteiger partial charge in [-0.15, -0.1) is 11.3 Å². The zero-order valence-electron chi connectivity index (χ0n) is 13.8. The molecule has 4 heteroatoms. The van der Waals surface area contributed by atoms with Gasteiger partial charge in [0.05, 0.1) is 10.7 Å². The van der Waals surface area contributed by atoms with Gasteiger partial charge in [0.1, 0.15) is 0 Å². The van der Waals surface area contributed by atoms with E-state index >= 15 is 0 Å². The van der Waals surface area contributed by atoms with E-state index in [4.69, 9.17) is 10.8 Å². The Labute approximate surface area is 133 Å². The molecular formula is C17H31N3S. The second-order valence-electron chi connectivity index (χ2n) is 7.53. The van der Waals surface area contributed by atoms with Crippen LogP contribution < -0.4 is 11.3 Å². The maximum atomic E-state index is 5.76. The summed E-state index contributed by atoms with van der Waals surface area (Å²) in [7, 11) is 0. The maximum absolute atomic E-state index is 5.76. The molecule has 1 atom stereocenters. The van der Waals surface area contributed by atoms with Crippen LogP contribution >= 0.6 is 11.3 Å². The van der Waals surface area contributed by atoms with Crippen molar-refractivity contribution in [1.29, 1.82) is 0 Å². The molecule has 1 aromatic heterocycles. The molecule has 1 heterocycles. The fourth-order valence-electron chi connectivity index (χ4n) is 3.12. The first-order valence-corrected chi connectivity index (χ1v) is 9.28. The van der Waals surface area contributed by atoms with Crippen molar-refractivity contribution >= 4 is 11.3 Å². The first kappa shape index (κ1) is 16.9. The van der Waals surface area contributed by atoms with Gasteiger partial charge in [-0.1, -0.05) is 52.9 Å². The van der Waals surface area contributed by atoms with Gasteiger partial charge in [0, 0.05) is 23.3 Å². The zero-order chi connectivity index (χ0) is 15.3. The Kier molecular flexibility index (Phi) is 6.20. The fourth-order valence-corrected chi connectivity index (χ4v) is 4.22. The molecule has 21 heavy (non-hydrogen) atoms. The summed E-state index contributed by atoms with van der Waals surface area (Å²) in [6.45, 7) is 6.65. The Morgan fingerprint density at radius 3 is 2.62 bits per heavy atom. The van der Waals surface area contributed by atoms with Gasteiger partial charge >= 0.3 is 0 Å². The molecule has 0 radical (unpaired) electrons. The highest BCUT2D eigenvalue weighted by molar-refractivity contribution is 7.09. The van der Waals surface area contributed by atoms with Crippen LogP contribution in [0.1, 0.15) is 76.4 Å². The minimum atomic E-state index is 0.141. The SMILES string of the molecule is CC(C)(C)c1csc(CC(CCC2CCCCC2)NN)n1. The van der Waals surface area contributed by atoms with E-state index in [0.29, 0.717) is 6.04 Å². The molecule has 3 N–H and O–H groups in total. The summed E-state index contributed by atoms with van der Waals surface area (Å²) >= 11 is 1.77. The van der Waals surface area contributed by atoms with Gasteiger partial charge in [-0.3, -0.25) is 11.3 Å². The highest BCUT2D eigenvalue weighted by Gasteiger charge is 2.20. The average Bonchev–Trinajstić information content (AvgIpc) is 2.93. The number of rotatable bonds is 6. The van der Waals surface area contributed by atoms with E-state index < -0.39 is 0 Å². The summed E-state index contributed by atoms with van der Waals surface area (Å²) in [5.41, 5.74) is 4.35. The maximum Gasteiger partial charge on any atom is 0.0944 e. The van der Waals surface area contributed by atoms with Gasteiger partial charge in [0.25, 0.3) is 0 Å². The number of aromatic nitrogens is 1. The molecule has 0 saturated heterocycles. The lowest BCUT2D eigenvalue weighted by Crippen LogP contribution is -2.37. The molecule has 1 aliphatic carbocycles. The standard InChI is InChI=1S/C17H31N3S/c1-17(2,3)15-12-21-16(19-15)11-14(20-18)10-9-13-7-5-4-6-8-13/h12-14,20H,4-11,18H2,1-3H3. The van der Waals surface area contributed by atoms with Crippen LogP contribution in [0.15, 0.2) is 5.38 Å². The average molecular weight is 310 g/mol. The first-order chi connectivity index (χ1) is 9.99. The Morgan fingerprint density at radius 2 is 2.05 bits per heavy atom. The molecule has 1 saturated carbocycles. The minimum Gasteiger partial charge on any atom is -0.271 e. The van der Waals surface area contributed by atoms with Crippen LogP contribution in [0.25, 0.3) is 0 Å². The van der Waals surface area contributed by atoms with Gasteiger partial charge < -0.3 is 0 Å². The summed E-state index contributed by atoms with van der Waals surface area (Å²) in [5.74, 6) is 6.68. The summed E-state index contributed by atoms with van der Waals surface area (Å²) in [4.78, 5) is 4.79. The van der Waals surface area contributed by atoms with Gasteiger partial charge in [-0.05, 0) is 18.8 Å². The lowest BCUT2D eigenvalue weighted by Gasteiger charge is -2.23. The Bertz CT molecular complexity index is 416. The van der Waals surface area contributed by atoms with Crippen LogP contribution in [0.4, 0.5) is 0 Å². The van der Waals surface area contributed by atoms with E-state index in [9.17, 15) is 0 Å². The van der Waals surface area contributed by atoms with E-state index in [1.807, 2.05) is 0 Å². The lowest BCUT2D eigenvalue weighted by atomic mass is 9.85. The number of hydrogen-bond acceptors (Lipinski definition) is 4. The fraction of sp³-hybridized carbons (Fsp3) is 0.824. The van der Waals surface area contributed by atoms with Crippen molar-refractivity contribution in [3.8, 4) is 0 Å². The summed E-state index contributed by atoms with van der Waals surface area (Å²) in [6.07, 6.45) is 10.6. The molecule has 1 unspecified atom stereocenters. The smallest absolute Gasteiger partial charge is 0.0944 e. The van der Waals surface area contributed by atoms with E-state index in [-0.39, 0.29) is 5.41 Å². The molecule has 0 bridgehead atoms. The Balaban J connectivity index is 1.82. The van der Waals surface area contributed by atoms with Crippen LogP contribution in [0.2, 0.25) is 0 Å². The first-order valence-electron chi connectivity index (χ1n) is 8.40. The molecule has 2 rings (SSSR count). The molecule has 0 aromatic carbocycles. The molecule has 0 amide bonds. The van der Waals surface area contributed by atoms with Crippen molar-refractivity contribution in [1.82, 2.24) is 10.4 Å². The zero-order valence-corrected chi connectivity index (χ0v) is 14.6. The van der Waals surface area contributed by atoms with Crippen LogP contribution in [-0.4, -0.2) is 11.0 Å². The second-order valence-corrected chi connectivity index (χ2v) is 8.47. The van der Waals surface area contributed by atoms with Crippen LogP contribution in [0.3, 0.4) is 0 Å². The van der Waals surface area contributed by atoms with Crippen molar-refractivity contribution < 1.29 is 0 Å². The molecule has 0 spiro atoms. The number of hydrogen-bond donors (Lipinski definition) is 2. The van der Waals surface area contributed by atoms with Gasteiger partial charge in [0.15, 0.2) is 0 Å². The van der Waals surface area contributed by atoms with E-state index in [0.717, 1.165) is 12.3 Å². The summed E-state index contributed by atoms with van der Waals surface area (Å²) in [6, 6.07) is 0.367. The van der Waals surface area contributed by atoms with Crippen molar-refractivity contribution in [2.75, 3.05) is 0 Å². The van der Waals surface area contributed by atoms with Crippen LogP contribution in [-0.2, 0) is 11.8 Å². The van der Waals surface area contributed by atoms with Gasteiger partial charge in [0.2, 0.25) is 0 Å². The number of nitrogens with two attached hydrogens (primary N) is 1.